The molecule has 1 unspecified atom stereocenters. The van der Waals surface area contributed by atoms with Crippen LogP contribution in [0.5, 0.6) is 0 Å². The standard InChI is InChI=1S/C24H32N4O/c1-26-23-12-6-5-11-22(23)25-24(26)19-27-15-16-28(21(18-27)13-17-29)14-7-10-20-8-3-2-4-9-20/h2-6,8-9,11-12,21,29H,7,10,13-19H2,1H3. The van der Waals surface area contributed by atoms with Gasteiger partial charge in [0, 0.05) is 39.3 Å². The van der Waals surface area contributed by atoms with Gasteiger partial charge in [0.15, 0.2) is 0 Å². The number of hydrogen-bond donors (Lipinski definition) is 1. The van der Waals surface area contributed by atoms with E-state index in [0.29, 0.717) is 6.04 Å². The second-order valence-corrected chi connectivity index (χ2v) is 8.10. The van der Waals surface area contributed by atoms with Gasteiger partial charge in [-0.2, -0.15) is 0 Å². The molecule has 0 saturated carbocycles. The number of nitrogens with zero attached hydrogens (tertiary/aromatic N) is 4. The lowest BCUT2D eigenvalue weighted by atomic mass is 10.1. The van der Waals surface area contributed by atoms with Gasteiger partial charge in [0.25, 0.3) is 0 Å². The lowest BCUT2D eigenvalue weighted by Gasteiger charge is -2.41. The van der Waals surface area contributed by atoms with E-state index in [0.717, 1.165) is 63.3 Å². The SMILES string of the molecule is Cn1c(CN2CCN(CCCc3ccccc3)C(CCO)C2)nc2ccccc21. The van der Waals surface area contributed by atoms with Crippen molar-refractivity contribution in [1.82, 2.24) is 19.4 Å². The van der Waals surface area contributed by atoms with Crippen molar-refractivity contribution in [1.29, 1.82) is 0 Å². The summed E-state index contributed by atoms with van der Waals surface area (Å²) in [5, 5.41) is 9.59. The molecule has 0 spiro atoms. The van der Waals surface area contributed by atoms with E-state index in [1.54, 1.807) is 0 Å². The fourth-order valence-corrected chi connectivity index (χ4v) is 4.49. The molecule has 1 saturated heterocycles. The number of hydrogen-bond acceptors (Lipinski definition) is 4. The predicted molar refractivity (Wildman–Crippen MR) is 118 cm³/mol. The first-order valence-corrected chi connectivity index (χ1v) is 10.8. The van der Waals surface area contributed by atoms with E-state index in [9.17, 15) is 5.11 Å². The van der Waals surface area contributed by atoms with Gasteiger partial charge in [-0.25, -0.2) is 4.98 Å². The van der Waals surface area contributed by atoms with Crippen molar-refractivity contribution in [2.45, 2.75) is 31.8 Å². The minimum absolute atomic E-state index is 0.250. The normalized spacial score (nSPS) is 18.5. The molecule has 0 bridgehead atoms. The van der Waals surface area contributed by atoms with E-state index < -0.39 is 0 Å². The number of aliphatic hydroxyl groups excluding tert-OH is 1. The molecule has 0 radical (unpaired) electrons. The van der Waals surface area contributed by atoms with E-state index in [2.05, 4.69) is 69.9 Å². The lowest BCUT2D eigenvalue weighted by molar-refractivity contribution is 0.0531. The highest BCUT2D eigenvalue weighted by molar-refractivity contribution is 5.75. The number of imidazole rings is 1. The molecule has 0 aliphatic carbocycles. The van der Waals surface area contributed by atoms with Crippen LogP contribution in [0.4, 0.5) is 0 Å². The van der Waals surface area contributed by atoms with Crippen LogP contribution >= 0.6 is 0 Å². The molecular formula is C24H32N4O. The summed E-state index contributed by atoms with van der Waals surface area (Å²) in [6.45, 7) is 5.32. The van der Waals surface area contributed by atoms with Crippen LogP contribution in [0.3, 0.4) is 0 Å². The summed E-state index contributed by atoms with van der Waals surface area (Å²) in [5.41, 5.74) is 3.66. The molecule has 29 heavy (non-hydrogen) atoms. The zero-order valence-corrected chi connectivity index (χ0v) is 17.4. The third kappa shape index (κ3) is 4.86. The van der Waals surface area contributed by atoms with Crippen molar-refractivity contribution in [2.75, 3.05) is 32.8 Å². The van der Waals surface area contributed by atoms with E-state index in [1.165, 1.54) is 11.1 Å². The van der Waals surface area contributed by atoms with Crippen LogP contribution < -0.4 is 0 Å². The van der Waals surface area contributed by atoms with Gasteiger partial charge < -0.3 is 9.67 Å². The average Bonchev–Trinajstić information content (AvgIpc) is 3.06. The third-order valence-corrected chi connectivity index (χ3v) is 6.15. The summed E-state index contributed by atoms with van der Waals surface area (Å²) >= 11 is 0. The number of rotatable bonds is 8. The van der Waals surface area contributed by atoms with Gasteiger partial charge in [0.2, 0.25) is 0 Å². The molecule has 5 nitrogen and oxygen atoms in total. The van der Waals surface area contributed by atoms with Crippen LogP contribution in [0.1, 0.15) is 24.2 Å². The molecule has 1 atom stereocenters. The minimum Gasteiger partial charge on any atom is -0.396 e. The Morgan fingerprint density at radius 2 is 1.83 bits per heavy atom. The van der Waals surface area contributed by atoms with Gasteiger partial charge in [-0.1, -0.05) is 42.5 Å². The Hall–Kier alpha value is -2.21. The van der Waals surface area contributed by atoms with Gasteiger partial charge in [0.1, 0.15) is 5.82 Å². The average molecular weight is 393 g/mol. The van der Waals surface area contributed by atoms with E-state index in [-0.39, 0.29) is 6.61 Å². The van der Waals surface area contributed by atoms with Crippen molar-refractivity contribution in [3.05, 3.63) is 66.0 Å². The van der Waals surface area contributed by atoms with Crippen LogP contribution in [0.15, 0.2) is 54.6 Å². The summed E-state index contributed by atoms with van der Waals surface area (Å²) in [6.07, 6.45) is 3.12. The second-order valence-electron chi connectivity index (χ2n) is 8.10. The summed E-state index contributed by atoms with van der Waals surface area (Å²) in [4.78, 5) is 9.91. The number of benzene rings is 2. The zero-order valence-electron chi connectivity index (χ0n) is 17.4. The van der Waals surface area contributed by atoms with Crippen LogP contribution in [-0.2, 0) is 20.0 Å². The van der Waals surface area contributed by atoms with Gasteiger partial charge in [-0.15, -0.1) is 0 Å². The van der Waals surface area contributed by atoms with E-state index in [1.807, 2.05) is 6.07 Å². The van der Waals surface area contributed by atoms with Crippen molar-refractivity contribution in [3.8, 4) is 0 Å². The summed E-state index contributed by atoms with van der Waals surface area (Å²) in [6, 6.07) is 19.5. The van der Waals surface area contributed by atoms with E-state index in [4.69, 9.17) is 4.98 Å². The highest BCUT2D eigenvalue weighted by atomic mass is 16.3. The number of aliphatic hydroxyl groups is 1. The number of aromatic nitrogens is 2. The highest BCUT2D eigenvalue weighted by Gasteiger charge is 2.27. The molecule has 4 rings (SSSR count). The Morgan fingerprint density at radius 3 is 2.62 bits per heavy atom. The van der Waals surface area contributed by atoms with Crippen LogP contribution in [-0.4, -0.2) is 63.3 Å². The molecule has 1 aliphatic rings. The fourth-order valence-electron chi connectivity index (χ4n) is 4.49. The summed E-state index contributed by atoms with van der Waals surface area (Å²) in [5.74, 6) is 1.12. The predicted octanol–water partition coefficient (Wildman–Crippen LogP) is 3.07. The number of fused-ring (bicyclic) bond motifs is 1. The molecule has 1 fully saturated rings. The molecule has 5 heteroatoms. The van der Waals surface area contributed by atoms with Crippen LogP contribution in [0.2, 0.25) is 0 Å². The van der Waals surface area contributed by atoms with Crippen molar-refractivity contribution >= 4 is 11.0 Å². The molecule has 3 aromatic rings. The van der Waals surface area contributed by atoms with Crippen LogP contribution in [0, 0.1) is 0 Å². The summed E-state index contributed by atoms with van der Waals surface area (Å²) in [7, 11) is 2.11. The Kier molecular flexibility index (Phi) is 6.60. The first-order chi connectivity index (χ1) is 14.2. The smallest absolute Gasteiger partial charge is 0.123 e. The maximum absolute atomic E-state index is 9.59. The summed E-state index contributed by atoms with van der Waals surface area (Å²) < 4.78 is 2.21. The number of piperazine rings is 1. The Labute approximate surface area is 173 Å². The fraction of sp³-hybridized carbons (Fsp3) is 0.458. The monoisotopic (exact) mass is 392 g/mol. The second kappa shape index (κ2) is 9.53. The molecular weight excluding hydrogens is 360 g/mol. The van der Waals surface area contributed by atoms with Gasteiger partial charge in [-0.05, 0) is 43.5 Å². The van der Waals surface area contributed by atoms with Crippen molar-refractivity contribution in [2.24, 2.45) is 7.05 Å². The topological polar surface area (TPSA) is 44.5 Å². The molecule has 2 heterocycles. The Bertz CT molecular complexity index is 908. The highest BCUT2D eigenvalue weighted by Crippen LogP contribution is 2.19. The minimum atomic E-state index is 0.250. The quantitative estimate of drug-likeness (QED) is 0.640. The molecule has 0 amide bonds. The Balaban J connectivity index is 1.35. The van der Waals surface area contributed by atoms with Crippen molar-refractivity contribution < 1.29 is 5.11 Å². The number of aryl methyl sites for hydroxylation is 2. The zero-order chi connectivity index (χ0) is 20.1. The molecule has 2 aromatic carbocycles. The molecule has 1 N–H and O–H groups in total. The third-order valence-electron chi connectivity index (χ3n) is 6.15. The number of para-hydroxylation sites is 2. The molecule has 1 aromatic heterocycles. The van der Waals surface area contributed by atoms with Crippen molar-refractivity contribution in [3.63, 3.8) is 0 Å². The van der Waals surface area contributed by atoms with Gasteiger partial charge >= 0.3 is 0 Å². The van der Waals surface area contributed by atoms with E-state index >= 15 is 0 Å². The largest absolute Gasteiger partial charge is 0.396 e. The maximum Gasteiger partial charge on any atom is 0.123 e. The van der Waals surface area contributed by atoms with Gasteiger partial charge in [-0.3, -0.25) is 9.80 Å². The maximum atomic E-state index is 9.59. The van der Waals surface area contributed by atoms with Crippen LogP contribution in [0.25, 0.3) is 11.0 Å². The first kappa shape index (κ1) is 20.1. The van der Waals surface area contributed by atoms with Gasteiger partial charge in [0.05, 0.1) is 17.6 Å². The molecule has 1 aliphatic heterocycles. The molecule has 154 valence electrons. The Morgan fingerprint density at radius 1 is 1.03 bits per heavy atom. The first-order valence-electron chi connectivity index (χ1n) is 10.8. The lowest BCUT2D eigenvalue weighted by Crippen LogP contribution is -2.53.